The monoisotopic (exact) mass is 194 g/mol. The second-order valence-electron chi connectivity index (χ2n) is 4.27. The second kappa shape index (κ2) is 4.13. The fourth-order valence-electron chi connectivity index (χ4n) is 2.02. The molecule has 2 rings (SSSR count). The van der Waals surface area contributed by atoms with Crippen molar-refractivity contribution in [1.82, 2.24) is 9.55 Å². The Hall–Kier alpha value is -0.830. The van der Waals surface area contributed by atoms with Gasteiger partial charge in [-0.15, -0.1) is 0 Å². The lowest BCUT2D eigenvalue weighted by molar-refractivity contribution is 0.288. The summed E-state index contributed by atoms with van der Waals surface area (Å²) in [5, 5.41) is 8.74. The maximum Gasteiger partial charge on any atom is 0.109 e. The van der Waals surface area contributed by atoms with Crippen molar-refractivity contribution in [2.75, 3.05) is 6.61 Å². The summed E-state index contributed by atoms with van der Waals surface area (Å²) in [4.78, 5) is 4.59. The van der Waals surface area contributed by atoms with E-state index in [-0.39, 0.29) is 6.61 Å². The molecule has 1 aliphatic rings. The molecule has 78 valence electrons. The van der Waals surface area contributed by atoms with E-state index in [4.69, 9.17) is 5.11 Å². The van der Waals surface area contributed by atoms with Crippen molar-refractivity contribution in [1.29, 1.82) is 0 Å². The van der Waals surface area contributed by atoms with Crippen molar-refractivity contribution >= 4 is 0 Å². The van der Waals surface area contributed by atoms with Crippen LogP contribution in [0.1, 0.15) is 31.3 Å². The number of hydrogen-bond acceptors (Lipinski definition) is 2. The molecule has 1 aliphatic heterocycles. The number of aliphatic hydroxyl groups excluding tert-OH is 1. The predicted octanol–water partition coefficient (Wildman–Crippen LogP) is 1.39. The van der Waals surface area contributed by atoms with Crippen LogP contribution in [0.4, 0.5) is 0 Å². The normalized spacial score (nSPS) is 20.9. The standard InChI is InChI=1S/C11H18N2O/c1-9-4-5-13-8-10(3-2-6-14)12-11(13)7-9/h8-9,14H,2-7H2,1H3. The Kier molecular flexibility index (Phi) is 2.87. The molecule has 1 unspecified atom stereocenters. The van der Waals surface area contributed by atoms with E-state index in [0.29, 0.717) is 0 Å². The number of fused-ring (bicyclic) bond motifs is 1. The van der Waals surface area contributed by atoms with Gasteiger partial charge in [0.05, 0.1) is 5.69 Å². The lowest BCUT2D eigenvalue weighted by Crippen LogP contribution is -2.16. The van der Waals surface area contributed by atoms with Crippen LogP contribution in [-0.2, 0) is 19.4 Å². The van der Waals surface area contributed by atoms with Crippen molar-refractivity contribution in [2.45, 2.75) is 39.2 Å². The molecular formula is C11H18N2O. The molecule has 1 N–H and O–H groups in total. The molecule has 0 bridgehead atoms. The molecule has 0 fully saturated rings. The van der Waals surface area contributed by atoms with E-state index in [1.165, 1.54) is 12.2 Å². The van der Waals surface area contributed by atoms with Crippen molar-refractivity contribution in [3.8, 4) is 0 Å². The van der Waals surface area contributed by atoms with Gasteiger partial charge in [0.2, 0.25) is 0 Å². The summed E-state index contributed by atoms with van der Waals surface area (Å²) in [5.74, 6) is 2.01. The third-order valence-corrected chi connectivity index (χ3v) is 2.89. The van der Waals surface area contributed by atoms with Crippen LogP contribution < -0.4 is 0 Å². The molecule has 0 spiro atoms. The Balaban J connectivity index is 2.07. The number of aromatic nitrogens is 2. The summed E-state index contributed by atoms with van der Waals surface area (Å²) in [6.07, 6.45) is 6.26. The van der Waals surface area contributed by atoms with Crippen LogP contribution in [0, 0.1) is 5.92 Å². The van der Waals surface area contributed by atoms with Crippen LogP contribution in [0.15, 0.2) is 6.20 Å². The van der Waals surface area contributed by atoms with Gasteiger partial charge in [0.25, 0.3) is 0 Å². The number of rotatable bonds is 3. The zero-order valence-electron chi connectivity index (χ0n) is 8.74. The first kappa shape index (κ1) is 9.71. The van der Waals surface area contributed by atoms with Crippen molar-refractivity contribution in [3.63, 3.8) is 0 Å². The Morgan fingerprint density at radius 1 is 1.64 bits per heavy atom. The molecule has 0 aliphatic carbocycles. The molecule has 1 aromatic heterocycles. The van der Waals surface area contributed by atoms with Gasteiger partial charge in [0.15, 0.2) is 0 Å². The Labute approximate surface area is 84.8 Å². The van der Waals surface area contributed by atoms with Crippen LogP contribution in [0.5, 0.6) is 0 Å². The van der Waals surface area contributed by atoms with E-state index in [1.807, 2.05) is 0 Å². The van der Waals surface area contributed by atoms with Gasteiger partial charge in [-0.2, -0.15) is 0 Å². The first-order chi connectivity index (χ1) is 6.79. The number of hydrogen-bond donors (Lipinski definition) is 1. The number of imidazole rings is 1. The van der Waals surface area contributed by atoms with E-state index in [0.717, 1.165) is 37.4 Å². The SMILES string of the molecule is CC1CCn2cc(CCCO)nc2C1. The molecule has 1 aromatic rings. The number of aryl methyl sites for hydroxylation is 2. The summed E-state index contributed by atoms with van der Waals surface area (Å²) in [5.41, 5.74) is 1.14. The highest BCUT2D eigenvalue weighted by atomic mass is 16.2. The summed E-state index contributed by atoms with van der Waals surface area (Å²) in [7, 11) is 0. The molecule has 2 heterocycles. The fourth-order valence-corrected chi connectivity index (χ4v) is 2.02. The molecule has 1 atom stereocenters. The second-order valence-corrected chi connectivity index (χ2v) is 4.27. The Morgan fingerprint density at radius 2 is 2.50 bits per heavy atom. The van der Waals surface area contributed by atoms with Crippen LogP contribution in [-0.4, -0.2) is 21.3 Å². The smallest absolute Gasteiger partial charge is 0.109 e. The van der Waals surface area contributed by atoms with Gasteiger partial charge in [-0.25, -0.2) is 4.98 Å². The van der Waals surface area contributed by atoms with E-state index in [1.54, 1.807) is 0 Å². The molecule has 3 nitrogen and oxygen atoms in total. The first-order valence-electron chi connectivity index (χ1n) is 5.45. The summed E-state index contributed by atoms with van der Waals surface area (Å²) in [6.45, 7) is 3.66. The minimum Gasteiger partial charge on any atom is -0.396 e. The summed E-state index contributed by atoms with van der Waals surface area (Å²) >= 11 is 0. The molecule has 0 aromatic carbocycles. The molecule has 14 heavy (non-hydrogen) atoms. The van der Waals surface area contributed by atoms with Crippen LogP contribution in [0.25, 0.3) is 0 Å². The number of nitrogens with zero attached hydrogens (tertiary/aromatic N) is 2. The van der Waals surface area contributed by atoms with Gasteiger partial charge in [-0.3, -0.25) is 0 Å². The maximum absolute atomic E-state index is 8.74. The zero-order chi connectivity index (χ0) is 9.97. The zero-order valence-corrected chi connectivity index (χ0v) is 8.74. The van der Waals surface area contributed by atoms with E-state index >= 15 is 0 Å². The fraction of sp³-hybridized carbons (Fsp3) is 0.727. The molecular weight excluding hydrogens is 176 g/mol. The molecule has 0 saturated heterocycles. The largest absolute Gasteiger partial charge is 0.396 e. The highest BCUT2D eigenvalue weighted by Gasteiger charge is 2.16. The summed E-state index contributed by atoms with van der Waals surface area (Å²) in [6, 6.07) is 0. The van der Waals surface area contributed by atoms with Gasteiger partial charge in [-0.05, 0) is 25.2 Å². The van der Waals surface area contributed by atoms with Crippen LogP contribution in [0.3, 0.4) is 0 Å². The summed E-state index contributed by atoms with van der Waals surface area (Å²) < 4.78 is 2.27. The Morgan fingerprint density at radius 3 is 3.29 bits per heavy atom. The third-order valence-electron chi connectivity index (χ3n) is 2.89. The van der Waals surface area contributed by atoms with Gasteiger partial charge >= 0.3 is 0 Å². The van der Waals surface area contributed by atoms with Crippen LogP contribution in [0.2, 0.25) is 0 Å². The maximum atomic E-state index is 8.74. The lowest BCUT2D eigenvalue weighted by atomic mass is 10.0. The lowest BCUT2D eigenvalue weighted by Gasteiger charge is -2.18. The third kappa shape index (κ3) is 1.98. The van der Waals surface area contributed by atoms with E-state index < -0.39 is 0 Å². The van der Waals surface area contributed by atoms with Crippen LogP contribution >= 0.6 is 0 Å². The molecule has 0 amide bonds. The highest BCUT2D eigenvalue weighted by Crippen LogP contribution is 2.19. The van der Waals surface area contributed by atoms with Crippen molar-refractivity contribution in [2.24, 2.45) is 5.92 Å². The van der Waals surface area contributed by atoms with Gasteiger partial charge in [-0.1, -0.05) is 6.92 Å². The van der Waals surface area contributed by atoms with Gasteiger partial charge in [0.1, 0.15) is 5.82 Å². The van der Waals surface area contributed by atoms with Crippen molar-refractivity contribution < 1.29 is 5.11 Å². The van der Waals surface area contributed by atoms with Crippen molar-refractivity contribution in [3.05, 3.63) is 17.7 Å². The Bertz CT molecular complexity index is 306. The predicted molar refractivity (Wildman–Crippen MR) is 55.1 cm³/mol. The minimum atomic E-state index is 0.262. The average Bonchev–Trinajstić information content (AvgIpc) is 2.56. The topological polar surface area (TPSA) is 38.0 Å². The van der Waals surface area contributed by atoms with Gasteiger partial charge in [0, 0.05) is 25.8 Å². The van der Waals surface area contributed by atoms with Gasteiger partial charge < -0.3 is 9.67 Å². The molecule has 0 radical (unpaired) electrons. The molecule has 0 saturated carbocycles. The highest BCUT2D eigenvalue weighted by molar-refractivity contribution is 5.07. The minimum absolute atomic E-state index is 0.262. The van der Waals surface area contributed by atoms with E-state index in [9.17, 15) is 0 Å². The molecule has 3 heteroatoms. The quantitative estimate of drug-likeness (QED) is 0.789. The van der Waals surface area contributed by atoms with E-state index in [2.05, 4.69) is 22.7 Å². The average molecular weight is 194 g/mol. The first-order valence-corrected chi connectivity index (χ1v) is 5.45. The number of aliphatic hydroxyl groups is 1.